The van der Waals surface area contributed by atoms with Gasteiger partial charge in [-0.15, -0.1) is 5.10 Å². The number of ether oxygens (including phenoxy) is 1. The first-order valence-corrected chi connectivity index (χ1v) is 8.40. The van der Waals surface area contributed by atoms with E-state index >= 15 is 0 Å². The first-order valence-electron chi connectivity index (χ1n) is 8.40. The third kappa shape index (κ3) is 3.09. The van der Waals surface area contributed by atoms with Gasteiger partial charge in [0.25, 0.3) is 0 Å². The van der Waals surface area contributed by atoms with E-state index in [0.717, 1.165) is 16.7 Å². The van der Waals surface area contributed by atoms with E-state index in [-0.39, 0.29) is 23.6 Å². The van der Waals surface area contributed by atoms with Crippen LogP contribution in [0.4, 0.5) is 5.95 Å². The highest BCUT2D eigenvalue weighted by atomic mass is 16.5. The summed E-state index contributed by atoms with van der Waals surface area (Å²) in [6, 6.07) is 11.8. The first-order chi connectivity index (χ1) is 12.6. The van der Waals surface area contributed by atoms with Gasteiger partial charge in [0.05, 0.1) is 12.5 Å². The number of nitrogens with zero attached hydrogens (tertiary/aromatic N) is 3. The van der Waals surface area contributed by atoms with Crippen molar-refractivity contribution < 1.29 is 14.3 Å². The highest BCUT2D eigenvalue weighted by molar-refractivity contribution is 6.01. The molecule has 132 valence electrons. The monoisotopic (exact) mass is 350 g/mol. The minimum atomic E-state index is -0.259. The molecule has 3 aromatic rings. The topological polar surface area (TPSA) is 85.6 Å². The Morgan fingerprint density at radius 2 is 2.08 bits per heavy atom. The molecule has 0 radical (unpaired) electrons. The van der Waals surface area contributed by atoms with E-state index in [4.69, 9.17) is 4.74 Å². The zero-order valence-corrected chi connectivity index (χ0v) is 14.3. The van der Waals surface area contributed by atoms with Crippen LogP contribution in [0, 0.1) is 5.92 Å². The van der Waals surface area contributed by atoms with Crippen LogP contribution < -0.4 is 5.32 Å². The number of methoxy groups -OCH3 is 1. The number of Topliss-reactive ketones (excluding diaryl/α,β-unsaturated/α-hetero) is 1. The molecule has 2 aromatic heterocycles. The molecule has 0 unspecified atom stereocenters. The lowest BCUT2D eigenvalue weighted by Gasteiger charge is -2.21. The minimum absolute atomic E-state index is 0.118. The molecule has 1 N–H and O–H groups in total. The van der Waals surface area contributed by atoms with Crippen molar-refractivity contribution in [2.45, 2.75) is 19.4 Å². The van der Waals surface area contributed by atoms with E-state index in [1.807, 2.05) is 42.6 Å². The number of benzene rings is 1. The quantitative estimate of drug-likeness (QED) is 0.764. The molecule has 1 aliphatic carbocycles. The third-order valence-corrected chi connectivity index (χ3v) is 4.51. The Bertz CT molecular complexity index is 987. The van der Waals surface area contributed by atoms with Crippen molar-refractivity contribution in [3.8, 4) is 11.1 Å². The number of carbonyl (C=O) groups excluding carboxylic acids is 2. The van der Waals surface area contributed by atoms with Gasteiger partial charge in [-0.2, -0.15) is 4.98 Å². The predicted octanol–water partition coefficient (Wildman–Crippen LogP) is 2.46. The van der Waals surface area contributed by atoms with Crippen LogP contribution in [0.25, 0.3) is 16.8 Å². The van der Waals surface area contributed by atoms with Crippen molar-refractivity contribution in [3.05, 3.63) is 48.2 Å². The smallest absolute Gasteiger partial charge is 0.249 e. The van der Waals surface area contributed by atoms with Gasteiger partial charge in [-0.1, -0.05) is 24.3 Å². The van der Waals surface area contributed by atoms with Crippen molar-refractivity contribution in [1.82, 2.24) is 14.6 Å². The molecule has 26 heavy (non-hydrogen) atoms. The van der Waals surface area contributed by atoms with Gasteiger partial charge < -0.3 is 4.74 Å². The van der Waals surface area contributed by atoms with Crippen molar-refractivity contribution >= 4 is 23.3 Å². The third-order valence-electron chi connectivity index (χ3n) is 4.51. The van der Waals surface area contributed by atoms with E-state index in [1.165, 1.54) is 0 Å². The number of hydrogen-bond acceptors (Lipinski definition) is 5. The minimum Gasteiger partial charge on any atom is -0.380 e. The van der Waals surface area contributed by atoms with Crippen LogP contribution in [0.2, 0.25) is 0 Å². The summed E-state index contributed by atoms with van der Waals surface area (Å²) < 4.78 is 6.90. The zero-order chi connectivity index (χ0) is 18.1. The second-order valence-corrected chi connectivity index (χ2v) is 6.38. The Hall–Kier alpha value is -3.06. The van der Waals surface area contributed by atoms with E-state index < -0.39 is 0 Å². The molecule has 0 saturated heterocycles. The lowest BCUT2D eigenvalue weighted by Crippen LogP contribution is -2.34. The summed E-state index contributed by atoms with van der Waals surface area (Å²) in [7, 11) is 1.67. The molecule has 2 heterocycles. The molecule has 1 aliphatic rings. The number of anilines is 1. The lowest BCUT2D eigenvalue weighted by molar-refractivity contribution is -0.135. The van der Waals surface area contributed by atoms with Crippen LogP contribution >= 0.6 is 0 Å². The summed E-state index contributed by atoms with van der Waals surface area (Å²) in [6.45, 7) is 0.521. The molecule has 1 amide bonds. The first kappa shape index (κ1) is 16.4. The highest BCUT2D eigenvalue weighted by Gasteiger charge is 2.33. The number of hydrogen-bond donors (Lipinski definition) is 1. The van der Waals surface area contributed by atoms with Gasteiger partial charge >= 0.3 is 0 Å². The molecule has 0 bridgehead atoms. The van der Waals surface area contributed by atoms with Crippen LogP contribution in [0.15, 0.2) is 42.6 Å². The Kier molecular flexibility index (Phi) is 4.22. The van der Waals surface area contributed by atoms with Gasteiger partial charge in [-0.3, -0.25) is 14.9 Å². The fraction of sp³-hybridized carbons (Fsp3) is 0.263. The summed E-state index contributed by atoms with van der Waals surface area (Å²) in [4.78, 5) is 27.4. The highest BCUT2D eigenvalue weighted by Crippen LogP contribution is 2.26. The van der Waals surface area contributed by atoms with E-state index in [2.05, 4.69) is 15.4 Å². The Labute approximate surface area is 150 Å². The standard InChI is InChI=1S/C19H18N4O3/c1-26-11-13-4-2-3-5-16(13)12-6-7-17-20-19(22-23(17)10-12)21-18(25)14-8-15(24)9-14/h2-7,10,14H,8-9,11H2,1H3,(H,21,22,25). The zero-order valence-electron chi connectivity index (χ0n) is 14.3. The van der Waals surface area contributed by atoms with Crippen molar-refractivity contribution in [2.24, 2.45) is 5.92 Å². The number of nitrogens with one attached hydrogen (secondary N) is 1. The number of ketones is 1. The number of aromatic nitrogens is 3. The van der Waals surface area contributed by atoms with E-state index in [1.54, 1.807) is 11.6 Å². The van der Waals surface area contributed by atoms with Crippen molar-refractivity contribution in [1.29, 1.82) is 0 Å². The normalized spacial score (nSPS) is 14.4. The Balaban J connectivity index is 1.60. The molecule has 0 spiro atoms. The Morgan fingerprint density at radius 3 is 2.85 bits per heavy atom. The van der Waals surface area contributed by atoms with E-state index in [9.17, 15) is 9.59 Å². The summed E-state index contributed by atoms with van der Waals surface area (Å²) >= 11 is 0. The maximum absolute atomic E-state index is 12.1. The lowest BCUT2D eigenvalue weighted by atomic mass is 9.83. The molecule has 1 saturated carbocycles. The maximum atomic E-state index is 12.1. The summed E-state index contributed by atoms with van der Waals surface area (Å²) in [5, 5.41) is 7.02. The van der Waals surface area contributed by atoms with Gasteiger partial charge in [0, 0.05) is 31.7 Å². The van der Waals surface area contributed by atoms with Gasteiger partial charge in [0.2, 0.25) is 11.9 Å². The molecule has 1 fully saturated rings. The molecular formula is C19H18N4O3. The fourth-order valence-electron chi connectivity index (χ4n) is 3.07. The maximum Gasteiger partial charge on any atom is 0.249 e. The summed E-state index contributed by atoms with van der Waals surface area (Å²) in [6.07, 6.45) is 2.48. The van der Waals surface area contributed by atoms with Crippen molar-refractivity contribution in [2.75, 3.05) is 12.4 Å². The van der Waals surface area contributed by atoms with Crippen LogP contribution in [0.5, 0.6) is 0 Å². The average Bonchev–Trinajstić information content (AvgIpc) is 3.01. The van der Waals surface area contributed by atoms with Crippen LogP contribution in [0.3, 0.4) is 0 Å². The number of fused-ring (bicyclic) bond motifs is 1. The second kappa shape index (κ2) is 6.68. The van der Waals surface area contributed by atoms with Crippen LogP contribution in [-0.2, 0) is 20.9 Å². The molecule has 0 aliphatic heterocycles. The molecular weight excluding hydrogens is 332 g/mol. The fourth-order valence-corrected chi connectivity index (χ4v) is 3.07. The summed E-state index contributed by atoms with van der Waals surface area (Å²) in [5.74, 6) is -0.0964. The number of rotatable bonds is 5. The SMILES string of the molecule is COCc1ccccc1-c1ccc2nc(NC(=O)C3CC(=O)C3)nn2c1. The second-order valence-electron chi connectivity index (χ2n) is 6.38. The predicted molar refractivity (Wildman–Crippen MR) is 95.5 cm³/mol. The largest absolute Gasteiger partial charge is 0.380 e. The van der Waals surface area contributed by atoms with Gasteiger partial charge in [0.15, 0.2) is 5.65 Å². The molecule has 1 aromatic carbocycles. The van der Waals surface area contributed by atoms with Crippen LogP contribution in [0.1, 0.15) is 18.4 Å². The van der Waals surface area contributed by atoms with Gasteiger partial charge in [0.1, 0.15) is 5.78 Å². The summed E-state index contributed by atoms with van der Waals surface area (Å²) in [5.41, 5.74) is 3.76. The number of carbonyl (C=O) groups is 2. The van der Waals surface area contributed by atoms with Gasteiger partial charge in [-0.05, 0) is 23.3 Å². The average molecular weight is 350 g/mol. The number of amides is 1. The molecule has 4 rings (SSSR count). The Morgan fingerprint density at radius 1 is 1.27 bits per heavy atom. The molecule has 7 heteroatoms. The molecule has 7 nitrogen and oxygen atoms in total. The molecule has 0 atom stereocenters. The van der Waals surface area contributed by atoms with E-state index in [0.29, 0.717) is 25.1 Å². The number of pyridine rings is 1. The van der Waals surface area contributed by atoms with Gasteiger partial charge in [-0.25, -0.2) is 4.52 Å². The van der Waals surface area contributed by atoms with Crippen LogP contribution in [-0.4, -0.2) is 33.4 Å². The van der Waals surface area contributed by atoms with Crippen molar-refractivity contribution in [3.63, 3.8) is 0 Å².